The molecule has 2 N–H and O–H groups in total. The maximum Gasteiger partial charge on any atom is 0.306 e. The second-order valence-electron chi connectivity index (χ2n) is 4.04. The SMILES string of the molecule is CCOC(=O)CCC(=O)NCC(O)c1ccccc1. The normalized spacial score (nSPS) is 11.7. The number of rotatable bonds is 7. The summed E-state index contributed by atoms with van der Waals surface area (Å²) in [5, 5.41) is 12.4. The molecular weight excluding hydrogens is 246 g/mol. The van der Waals surface area contributed by atoms with Crippen LogP contribution in [0.5, 0.6) is 0 Å². The maximum absolute atomic E-state index is 11.5. The van der Waals surface area contributed by atoms with E-state index >= 15 is 0 Å². The molecular formula is C14H19NO4. The Morgan fingerprint density at radius 1 is 1.26 bits per heavy atom. The van der Waals surface area contributed by atoms with Crippen molar-refractivity contribution in [2.45, 2.75) is 25.9 Å². The van der Waals surface area contributed by atoms with Crippen LogP contribution < -0.4 is 5.32 Å². The van der Waals surface area contributed by atoms with Gasteiger partial charge in [0.15, 0.2) is 0 Å². The largest absolute Gasteiger partial charge is 0.466 e. The second-order valence-corrected chi connectivity index (χ2v) is 4.04. The number of aliphatic hydroxyl groups is 1. The number of esters is 1. The molecule has 1 amide bonds. The molecule has 0 saturated heterocycles. The monoisotopic (exact) mass is 265 g/mol. The van der Waals surface area contributed by atoms with Crippen LogP contribution in [0.25, 0.3) is 0 Å². The molecule has 19 heavy (non-hydrogen) atoms. The zero-order chi connectivity index (χ0) is 14.1. The molecule has 0 radical (unpaired) electrons. The lowest BCUT2D eigenvalue weighted by Crippen LogP contribution is -2.28. The summed E-state index contributed by atoms with van der Waals surface area (Å²) in [6.07, 6.45) is -0.616. The van der Waals surface area contributed by atoms with E-state index in [4.69, 9.17) is 4.74 Å². The predicted molar refractivity (Wildman–Crippen MR) is 70.3 cm³/mol. The van der Waals surface area contributed by atoms with Crippen molar-refractivity contribution in [3.05, 3.63) is 35.9 Å². The van der Waals surface area contributed by atoms with Gasteiger partial charge in [-0.25, -0.2) is 0 Å². The van der Waals surface area contributed by atoms with Gasteiger partial charge in [-0.2, -0.15) is 0 Å². The molecule has 0 aliphatic carbocycles. The van der Waals surface area contributed by atoms with E-state index < -0.39 is 6.10 Å². The van der Waals surface area contributed by atoms with Gasteiger partial charge in [0.05, 0.1) is 19.1 Å². The number of amides is 1. The van der Waals surface area contributed by atoms with E-state index in [1.165, 1.54) is 0 Å². The van der Waals surface area contributed by atoms with Crippen LogP contribution in [0.3, 0.4) is 0 Å². The van der Waals surface area contributed by atoms with Gasteiger partial charge >= 0.3 is 5.97 Å². The molecule has 1 aromatic carbocycles. The fourth-order valence-electron chi connectivity index (χ4n) is 1.54. The molecule has 0 saturated carbocycles. The Morgan fingerprint density at radius 3 is 2.58 bits per heavy atom. The molecule has 1 unspecified atom stereocenters. The van der Waals surface area contributed by atoms with Crippen molar-refractivity contribution in [3.63, 3.8) is 0 Å². The minimum Gasteiger partial charge on any atom is -0.466 e. The Hall–Kier alpha value is -1.88. The number of nitrogens with one attached hydrogen (secondary N) is 1. The number of hydrogen-bond donors (Lipinski definition) is 2. The lowest BCUT2D eigenvalue weighted by Gasteiger charge is -2.12. The van der Waals surface area contributed by atoms with Gasteiger partial charge in [0.2, 0.25) is 5.91 Å². The van der Waals surface area contributed by atoms with Crippen molar-refractivity contribution in [1.29, 1.82) is 0 Å². The van der Waals surface area contributed by atoms with Crippen LogP contribution in [0.1, 0.15) is 31.4 Å². The van der Waals surface area contributed by atoms with Crippen LogP contribution in [0.15, 0.2) is 30.3 Å². The molecule has 0 spiro atoms. The minimum atomic E-state index is -0.743. The zero-order valence-corrected chi connectivity index (χ0v) is 11.0. The van der Waals surface area contributed by atoms with Crippen LogP contribution >= 0.6 is 0 Å². The van der Waals surface area contributed by atoms with Gasteiger partial charge in [-0.1, -0.05) is 30.3 Å². The van der Waals surface area contributed by atoms with Gasteiger partial charge < -0.3 is 15.2 Å². The van der Waals surface area contributed by atoms with Gasteiger partial charge in [-0.3, -0.25) is 9.59 Å². The number of ether oxygens (including phenoxy) is 1. The predicted octanol–water partition coefficient (Wildman–Crippen LogP) is 1.18. The molecule has 1 rings (SSSR count). The van der Waals surface area contributed by atoms with Gasteiger partial charge in [0.1, 0.15) is 0 Å². The van der Waals surface area contributed by atoms with Crippen LogP contribution in [0.4, 0.5) is 0 Å². The molecule has 5 heteroatoms. The van der Waals surface area contributed by atoms with Crippen molar-refractivity contribution in [3.8, 4) is 0 Å². The zero-order valence-electron chi connectivity index (χ0n) is 11.0. The van der Waals surface area contributed by atoms with E-state index in [0.29, 0.717) is 6.61 Å². The Labute approximate surface area is 112 Å². The Bertz CT molecular complexity index is 405. The Morgan fingerprint density at radius 2 is 1.95 bits per heavy atom. The van der Waals surface area contributed by atoms with E-state index in [2.05, 4.69) is 5.32 Å². The molecule has 0 heterocycles. The van der Waals surface area contributed by atoms with Crippen molar-refractivity contribution >= 4 is 11.9 Å². The Kier molecular flexibility index (Phi) is 6.60. The quantitative estimate of drug-likeness (QED) is 0.726. The first-order valence-electron chi connectivity index (χ1n) is 6.28. The smallest absolute Gasteiger partial charge is 0.306 e. The molecule has 0 aliphatic heterocycles. The van der Waals surface area contributed by atoms with Gasteiger partial charge in [-0.05, 0) is 12.5 Å². The summed E-state index contributed by atoms with van der Waals surface area (Å²) >= 11 is 0. The van der Waals surface area contributed by atoms with Crippen molar-refractivity contribution < 1.29 is 19.4 Å². The molecule has 0 aliphatic rings. The first-order chi connectivity index (χ1) is 9.13. The van der Waals surface area contributed by atoms with Crippen LogP contribution in [0.2, 0.25) is 0 Å². The van der Waals surface area contributed by atoms with Crippen LogP contribution in [0, 0.1) is 0 Å². The number of carbonyl (C=O) groups excluding carboxylic acids is 2. The van der Waals surface area contributed by atoms with Gasteiger partial charge in [0, 0.05) is 13.0 Å². The summed E-state index contributed by atoms with van der Waals surface area (Å²) in [5.41, 5.74) is 0.744. The second kappa shape index (κ2) is 8.26. The van der Waals surface area contributed by atoms with Crippen molar-refractivity contribution in [1.82, 2.24) is 5.32 Å². The number of carbonyl (C=O) groups is 2. The van der Waals surface area contributed by atoms with E-state index in [1.807, 2.05) is 18.2 Å². The van der Waals surface area contributed by atoms with Crippen molar-refractivity contribution in [2.75, 3.05) is 13.2 Å². The fourth-order valence-corrected chi connectivity index (χ4v) is 1.54. The van der Waals surface area contributed by atoms with E-state index in [9.17, 15) is 14.7 Å². The third kappa shape index (κ3) is 6.01. The molecule has 0 bridgehead atoms. The molecule has 5 nitrogen and oxygen atoms in total. The third-order valence-corrected chi connectivity index (χ3v) is 2.54. The van der Waals surface area contributed by atoms with Gasteiger partial charge in [0.25, 0.3) is 0 Å². The lowest BCUT2D eigenvalue weighted by atomic mass is 10.1. The number of hydrogen-bond acceptors (Lipinski definition) is 4. The molecule has 0 fully saturated rings. The van der Waals surface area contributed by atoms with Gasteiger partial charge in [-0.15, -0.1) is 0 Å². The van der Waals surface area contributed by atoms with Crippen LogP contribution in [-0.2, 0) is 14.3 Å². The Balaban J connectivity index is 2.25. The summed E-state index contributed by atoms with van der Waals surface area (Å²) < 4.78 is 4.72. The van der Waals surface area contributed by atoms with Crippen molar-refractivity contribution in [2.24, 2.45) is 0 Å². The highest BCUT2D eigenvalue weighted by Gasteiger charge is 2.10. The average molecular weight is 265 g/mol. The molecule has 1 aromatic rings. The first-order valence-corrected chi connectivity index (χ1v) is 6.28. The highest BCUT2D eigenvalue weighted by Crippen LogP contribution is 2.10. The lowest BCUT2D eigenvalue weighted by molar-refractivity contribution is -0.144. The molecule has 104 valence electrons. The maximum atomic E-state index is 11.5. The number of benzene rings is 1. The number of aliphatic hydroxyl groups excluding tert-OH is 1. The summed E-state index contributed by atoms with van der Waals surface area (Å²) in [4.78, 5) is 22.5. The minimum absolute atomic E-state index is 0.0567. The molecule has 1 atom stereocenters. The summed E-state index contributed by atoms with van der Waals surface area (Å²) in [6.45, 7) is 2.16. The highest BCUT2D eigenvalue weighted by atomic mass is 16.5. The molecule has 0 aromatic heterocycles. The fraction of sp³-hybridized carbons (Fsp3) is 0.429. The summed E-state index contributed by atoms with van der Waals surface area (Å²) in [5.74, 6) is -0.663. The third-order valence-electron chi connectivity index (χ3n) is 2.54. The summed E-state index contributed by atoms with van der Waals surface area (Å²) in [6, 6.07) is 9.07. The van der Waals surface area contributed by atoms with E-state index in [0.717, 1.165) is 5.56 Å². The standard InChI is InChI=1S/C14H19NO4/c1-2-19-14(18)9-8-13(17)15-10-12(16)11-6-4-3-5-7-11/h3-7,12,16H,2,8-10H2,1H3,(H,15,17). The summed E-state index contributed by atoms with van der Waals surface area (Å²) in [7, 11) is 0. The van der Waals surface area contributed by atoms with E-state index in [1.54, 1.807) is 19.1 Å². The topological polar surface area (TPSA) is 75.6 Å². The van der Waals surface area contributed by atoms with E-state index in [-0.39, 0.29) is 31.3 Å². The van der Waals surface area contributed by atoms with Crippen LogP contribution in [-0.4, -0.2) is 30.1 Å². The first kappa shape index (κ1) is 15.2. The average Bonchev–Trinajstić information content (AvgIpc) is 2.44. The highest BCUT2D eigenvalue weighted by molar-refractivity contribution is 5.81.